The number of nitrogens with zero attached hydrogens (tertiary/aromatic N) is 3. The predicted octanol–water partition coefficient (Wildman–Crippen LogP) is 3.09. The van der Waals surface area contributed by atoms with Crippen LogP contribution in [0, 0.1) is 0 Å². The normalized spacial score (nSPS) is 16.0. The molecule has 1 aromatic heterocycles. The fourth-order valence-electron chi connectivity index (χ4n) is 3.42. The zero-order chi connectivity index (χ0) is 19.3. The zero-order valence-electron chi connectivity index (χ0n) is 15.3. The van der Waals surface area contributed by atoms with Crippen LogP contribution in [0.1, 0.15) is 22.1 Å². The first-order chi connectivity index (χ1) is 13.7. The summed E-state index contributed by atoms with van der Waals surface area (Å²) in [5.41, 5.74) is 2.77. The van der Waals surface area contributed by atoms with Gasteiger partial charge in [0.1, 0.15) is 5.69 Å². The van der Waals surface area contributed by atoms with Crippen LogP contribution in [0.25, 0.3) is 11.0 Å². The van der Waals surface area contributed by atoms with Gasteiger partial charge in [-0.15, -0.1) is 0 Å². The maximum absolute atomic E-state index is 12.7. The van der Waals surface area contributed by atoms with Crippen LogP contribution in [0.4, 0.5) is 0 Å². The SMILES string of the molecule is O=C(NCC(c1ccccc1Cl)N1CCOCC1)c1cnc2ccccc2n1. The molecule has 1 fully saturated rings. The lowest BCUT2D eigenvalue weighted by atomic mass is 10.0. The van der Waals surface area contributed by atoms with E-state index in [2.05, 4.69) is 20.2 Å². The van der Waals surface area contributed by atoms with Crippen molar-refractivity contribution in [3.05, 3.63) is 71.0 Å². The summed E-state index contributed by atoms with van der Waals surface area (Å²) in [4.78, 5) is 23.7. The fraction of sp³-hybridized carbons (Fsp3) is 0.286. The van der Waals surface area contributed by atoms with Gasteiger partial charge in [0.25, 0.3) is 5.91 Å². The van der Waals surface area contributed by atoms with Gasteiger partial charge in [0.05, 0.1) is 36.5 Å². The first kappa shape index (κ1) is 18.8. The second-order valence-corrected chi connectivity index (χ2v) is 7.05. The van der Waals surface area contributed by atoms with Crippen molar-refractivity contribution < 1.29 is 9.53 Å². The highest BCUT2D eigenvalue weighted by Crippen LogP contribution is 2.27. The van der Waals surface area contributed by atoms with Crippen LogP contribution in [-0.4, -0.2) is 53.6 Å². The molecule has 1 amide bonds. The number of benzene rings is 2. The molecule has 1 aliphatic heterocycles. The van der Waals surface area contributed by atoms with E-state index in [0.29, 0.717) is 36.0 Å². The Kier molecular flexibility index (Phi) is 5.81. The number of hydrogen-bond acceptors (Lipinski definition) is 5. The number of carbonyl (C=O) groups is 1. The zero-order valence-corrected chi connectivity index (χ0v) is 16.1. The molecule has 6 nitrogen and oxygen atoms in total. The molecule has 0 saturated carbocycles. The van der Waals surface area contributed by atoms with Crippen molar-refractivity contribution in [2.24, 2.45) is 0 Å². The predicted molar refractivity (Wildman–Crippen MR) is 108 cm³/mol. The summed E-state index contributed by atoms with van der Waals surface area (Å²) in [7, 11) is 0. The van der Waals surface area contributed by atoms with Crippen molar-refractivity contribution in [3.63, 3.8) is 0 Å². The molecule has 0 radical (unpaired) electrons. The van der Waals surface area contributed by atoms with Crippen molar-refractivity contribution in [2.45, 2.75) is 6.04 Å². The highest BCUT2D eigenvalue weighted by molar-refractivity contribution is 6.31. The third-order valence-electron chi connectivity index (χ3n) is 4.89. The van der Waals surface area contributed by atoms with Crippen LogP contribution in [0.5, 0.6) is 0 Å². The van der Waals surface area contributed by atoms with E-state index < -0.39 is 0 Å². The Labute approximate surface area is 168 Å². The Morgan fingerprint density at radius 1 is 1.11 bits per heavy atom. The second-order valence-electron chi connectivity index (χ2n) is 6.64. The van der Waals surface area contributed by atoms with E-state index in [1.807, 2.05) is 48.5 Å². The molecule has 0 spiro atoms. The Morgan fingerprint density at radius 3 is 2.61 bits per heavy atom. The van der Waals surface area contributed by atoms with E-state index in [9.17, 15) is 4.79 Å². The molecule has 2 heterocycles. The maximum Gasteiger partial charge on any atom is 0.271 e. The lowest BCUT2D eigenvalue weighted by molar-refractivity contribution is 0.0162. The van der Waals surface area contributed by atoms with Crippen LogP contribution < -0.4 is 5.32 Å². The van der Waals surface area contributed by atoms with E-state index in [-0.39, 0.29) is 11.9 Å². The lowest BCUT2D eigenvalue weighted by Crippen LogP contribution is -2.44. The van der Waals surface area contributed by atoms with Gasteiger partial charge >= 0.3 is 0 Å². The molecular formula is C21H21ClN4O2. The van der Waals surface area contributed by atoms with Gasteiger partial charge in [0, 0.05) is 24.7 Å². The van der Waals surface area contributed by atoms with Gasteiger partial charge in [-0.05, 0) is 23.8 Å². The van der Waals surface area contributed by atoms with Gasteiger partial charge in [0.15, 0.2) is 0 Å². The van der Waals surface area contributed by atoms with Gasteiger partial charge in [-0.3, -0.25) is 14.7 Å². The van der Waals surface area contributed by atoms with Crippen molar-refractivity contribution >= 4 is 28.5 Å². The van der Waals surface area contributed by atoms with Crippen molar-refractivity contribution in [1.82, 2.24) is 20.2 Å². The summed E-state index contributed by atoms with van der Waals surface area (Å²) < 4.78 is 5.47. The van der Waals surface area contributed by atoms with E-state index in [1.165, 1.54) is 6.20 Å². The van der Waals surface area contributed by atoms with Gasteiger partial charge in [-0.2, -0.15) is 0 Å². The number of hydrogen-bond donors (Lipinski definition) is 1. The highest BCUT2D eigenvalue weighted by atomic mass is 35.5. The number of nitrogens with one attached hydrogen (secondary N) is 1. The molecular weight excluding hydrogens is 376 g/mol. The number of aromatic nitrogens is 2. The number of rotatable bonds is 5. The summed E-state index contributed by atoms with van der Waals surface area (Å²) in [6.07, 6.45) is 1.51. The molecule has 3 aromatic rings. The minimum Gasteiger partial charge on any atom is -0.379 e. The number of para-hydroxylation sites is 2. The van der Waals surface area contributed by atoms with E-state index in [1.54, 1.807) is 0 Å². The van der Waals surface area contributed by atoms with E-state index in [4.69, 9.17) is 16.3 Å². The number of halogens is 1. The topological polar surface area (TPSA) is 67.4 Å². The highest BCUT2D eigenvalue weighted by Gasteiger charge is 2.25. The third kappa shape index (κ3) is 4.14. The molecule has 28 heavy (non-hydrogen) atoms. The van der Waals surface area contributed by atoms with Gasteiger partial charge < -0.3 is 10.1 Å². The molecule has 144 valence electrons. The molecule has 0 aliphatic carbocycles. The molecule has 1 saturated heterocycles. The monoisotopic (exact) mass is 396 g/mol. The Bertz CT molecular complexity index is 975. The Balaban J connectivity index is 1.52. The second kappa shape index (κ2) is 8.65. The average Bonchev–Trinajstić information content (AvgIpc) is 2.75. The Morgan fingerprint density at radius 2 is 1.82 bits per heavy atom. The molecule has 2 aromatic carbocycles. The number of carbonyl (C=O) groups excluding carboxylic acids is 1. The summed E-state index contributed by atoms with van der Waals surface area (Å²) in [6.45, 7) is 3.36. The molecule has 1 N–H and O–H groups in total. The standard InChI is InChI=1S/C21H21ClN4O2/c22-16-6-2-1-5-15(16)20(26-9-11-28-12-10-26)14-24-21(27)19-13-23-17-7-3-4-8-18(17)25-19/h1-8,13,20H,9-12,14H2,(H,24,27). The van der Waals surface area contributed by atoms with Crippen LogP contribution >= 0.6 is 11.6 Å². The quantitative estimate of drug-likeness (QED) is 0.717. The number of morpholine rings is 1. The first-order valence-electron chi connectivity index (χ1n) is 9.28. The maximum atomic E-state index is 12.7. The third-order valence-corrected chi connectivity index (χ3v) is 5.23. The van der Waals surface area contributed by atoms with Crippen LogP contribution in [0.15, 0.2) is 54.7 Å². The lowest BCUT2D eigenvalue weighted by Gasteiger charge is -2.35. The first-order valence-corrected chi connectivity index (χ1v) is 9.66. The molecule has 1 unspecified atom stereocenters. The molecule has 4 rings (SSSR count). The van der Waals surface area contributed by atoms with E-state index >= 15 is 0 Å². The number of fused-ring (bicyclic) bond motifs is 1. The largest absolute Gasteiger partial charge is 0.379 e. The van der Waals surface area contributed by atoms with Crippen molar-refractivity contribution in [3.8, 4) is 0 Å². The van der Waals surface area contributed by atoms with Gasteiger partial charge in [-0.1, -0.05) is 41.9 Å². The minimum absolute atomic E-state index is 0.0324. The number of amides is 1. The fourth-order valence-corrected chi connectivity index (χ4v) is 3.68. The average molecular weight is 397 g/mol. The van der Waals surface area contributed by atoms with E-state index in [0.717, 1.165) is 24.2 Å². The molecule has 0 bridgehead atoms. The summed E-state index contributed by atoms with van der Waals surface area (Å²) in [5.74, 6) is -0.247. The molecule has 1 aliphatic rings. The van der Waals surface area contributed by atoms with Crippen molar-refractivity contribution in [2.75, 3.05) is 32.8 Å². The molecule has 1 atom stereocenters. The summed E-state index contributed by atoms with van der Waals surface area (Å²) in [6, 6.07) is 15.2. The van der Waals surface area contributed by atoms with Crippen LogP contribution in [0.2, 0.25) is 5.02 Å². The Hall–Kier alpha value is -2.54. The van der Waals surface area contributed by atoms with Gasteiger partial charge in [-0.25, -0.2) is 4.98 Å². The van der Waals surface area contributed by atoms with Crippen LogP contribution in [-0.2, 0) is 4.74 Å². The van der Waals surface area contributed by atoms with Crippen LogP contribution in [0.3, 0.4) is 0 Å². The van der Waals surface area contributed by atoms with Gasteiger partial charge in [0.2, 0.25) is 0 Å². The summed E-state index contributed by atoms with van der Waals surface area (Å²) >= 11 is 6.44. The summed E-state index contributed by atoms with van der Waals surface area (Å²) in [5, 5.41) is 3.70. The minimum atomic E-state index is -0.247. The van der Waals surface area contributed by atoms with Crippen molar-refractivity contribution in [1.29, 1.82) is 0 Å². The number of ether oxygens (including phenoxy) is 1. The smallest absolute Gasteiger partial charge is 0.271 e. The molecule has 7 heteroatoms.